The van der Waals surface area contributed by atoms with E-state index in [1.54, 1.807) is 0 Å². The van der Waals surface area contributed by atoms with Gasteiger partial charge in [0.05, 0.1) is 0 Å². The van der Waals surface area contributed by atoms with Gasteiger partial charge in [0.1, 0.15) is 0 Å². The summed E-state index contributed by atoms with van der Waals surface area (Å²) in [5.41, 5.74) is 1.37. The van der Waals surface area contributed by atoms with E-state index < -0.39 is 0 Å². The Balaban J connectivity index is 1.43. The van der Waals surface area contributed by atoms with Crippen LogP contribution in [-0.4, -0.2) is 43.2 Å². The predicted octanol–water partition coefficient (Wildman–Crippen LogP) is 3.08. The van der Waals surface area contributed by atoms with Crippen molar-refractivity contribution >= 4 is 5.91 Å². The molecule has 1 N–H and O–H groups in total. The maximum absolute atomic E-state index is 12.5. The number of likely N-dealkylation sites (tertiary alicyclic amines) is 1. The first-order chi connectivity index (χ1) is 12.1. The molecule has 4 nitrogen and oxygen atoms in total. The van der Waals surface area contributed by atoms with Gasteiger partial charge in [-0.3, -0.25) is 9.69 Å². The number of hydrogen-bond acceptors (Lipinski definition) is 3. The van der Waals surface area contributed by atoms with Crippen molar-refractivity contribution in [2.75, 3.05) is 26.3 Å². The standard InChI is InChI=1S/C21H32N2O2/c1-16-12-19(15-23(16)14-18-6-4-3-5-7-18)13-22-21(24)17(2)20-8-10-25-11-9-20/h3-7,16-17,19-20H,8-15H2,1-2H3,(H,22,24)/t16-,17-,19-/m0/s1. The number of carbonyl (C=O) groups excluding carboxylic acids is 1. The Hall–Kier alpha value is -1.39. The third-order valence-electron chi connectivity index (χ3n) is 5.97. The van der Waals surface area contributed by atoms with Gasteiger partial charge in [-0.05, 0) is 43.6 Å². The van der Waals surface area contributed by atoms with Gasteiger partial charge in [0, 0.05) is 44.8 Å². The molecule has 1 aromatic rings. The van der Waals surface area contributed by atoms with Crippen LogP contribution < -0.4 is 5.32 Å². The number of nitrogens with one attached hydrogen (secondary N) is 1. The first-order valence-electron chi connectivity index (χ1n) is 9.77. The number of rotatable bonds is 6. The predicted molar refractivity (Wildman–Crippen MR) is 100 cm³/mol. The molecule has 0 radical (unpaired) electrons. The molecule has 0 bridgehead atoms. The molecule has 0 aromatic heterocycles. The van der Waals surface area contributed by atoms with E-state index >= 15 is 0 Å². The van der Waals surface area contributed by atoms with Crippen LogP contribution >= 0.6 is 0 Å². The summed E-state index contributed by atoms with van der Waals surface area (Å²) < 4.78 is 5.41. The second-order valence-electron chi connectivity index (χ2n) is 7.85. The molecule has 138 valence electrons. The first kappa shape index (κ1) is 18.4. The second kappa shape index (κ2) is 8.81. The summed E-state index contributed by atoms with van der Waals surface area (Å²) >= 11 is 0. The monoisotopic (exact) mass is 344 g/mol. The Morgan fingerprint density at radius 1 is 1.28 bits per heavy atom. The van der Waals surface area contributed by atoms with Crippen molar-refractivity contribution in [3.63, 3.8) is 0 Å². The van der Waals surface area contributed by atoms with Crippen LogP contribution in [0.5, 0.6) is 0 Å². The van der Waals surface area contributed by atoms with Crippen LogP contribution in [0.25, 0.3) is 0 Å². The van der Waals surface area contributed by atoms with Gasteiger partial charge in [-0.15, -0.1) is 0 Å². The smallest absolute Gasteiger partial charge is 0.223 e. The fourth-order valence-corrected chi connectivity index (χ4v) is 4.24. The summed E-state index contributed by atoms with van der Waals surface area (Å²) in [5.74, 6) is 1.36. The number of carbonyl (C=O) groups is 1. The fraction of sp³-hybridized carbons (Fsp3) is 0.667. The lowest BCUT2D eigenvalue weighted by Crippen LogP contribution is -2.38. The Kier molecular flexibility index (Phi) is 6.49. The molecular weight excluding hydrogens is 312 g/mol. The van der Waals surface area contributed by atoms with Crippen LogP contribution in [0.3, 0.4) is 0 Å². The number of amides is 1. The van der Waals surface area contributed by atoms with Gasteiger partial charge < -0.3 is 10.1 Å². The number of hydrogen-bond donors (Lipinski definition) is 1. The Morgan fingerprint density at radius 2 is 2.00 bits per heavy atom. The highest BCUT2D eigenvalue weighted by molar-refractivity contribution is 5.78. The van der Waals surface area contributed by atoms with Crippen LogP contribution in [-0.2, 0) is 16.1 Å². The van der Waals surface area contributed by atoms with E-state index in [4.69, 9.17) is 4.74 Å². The number of nitrogens with zero attached hydrogens (tertiary/aromatic N) is 1. The fourth-order valence-electron chi connectivity index (χ4n) is 4.24. The average Bonchev–Trinajstić information content (AvgIpc) is 3.00. The first-order valence-corrected chi connectivity index (χ1v) is 9.77. The molecular formula is C21H32N2O2. The summed E-state index contributed by atoms with van der Waals surface area (Å²) in [6.07, 6.45) is 3.19. The summed E-state index contributed by atoms with van der Waals surface area (Å²) in [6.45, 7) is 8.86. The highest BCUT2D eigenvalue weighted by Gasteiger charge is 2.30. The Morgan fingerprint density at radius 3 is 2.72 bits per heavy atom. The third-order valence-corrected chi connectivity index (χ3v) is 5.97. The zero-order valence-corrected chi connectivity index (χ0v) is 15.6. The highest BCUT2D eigenvalue weighted by atomic mass is 16.5. The van der Waals surface area contributed by atoms with Crippen LogP contribution in [0.1, 0.15) is 38.7 Å². The van der Waals surface area contributed by atoms with Crippen LogP contribution in [0, 0.1) is 17.8 Å². The van der Waals surface area contributed by atoms with Crippen molar-refractivity contribution in [3.8, 4) is 0 Å². The molecule has 3 rings (SSSR count). The van der Waals surface area contributed by atoms with E-state index in [2.05, 4.69) is 54.4 Å². The molecule has 2 fully saturated rings. The van der Waals surface area contributed by atoms with E-state index in [-0.39, 0.29) is 11.8 Å². The molecule has 3 atom stereocenters. The SMILES string of the molecule is C[C@H](C(=O)NC[C@@H]1C[C@H](C)N(Cc2ccccc2)C1)C1CCOCC1. The van der Waals surface area contributed by atoms with E-state index in [1.165, 1.54) is 12.0 Å². The van der Waals surface area contributed by atoms with Crippen molar-refractivity contribution in [2.24, 2.45) is 17.8 Å². The largest absolute Gasteiger partial charge is 0.381 e. The van der Waals surface area contributed by atoms with Crippen LogP contribution in [0.15, 0.2) is 30.3 Å². The van der Waals surface area contributed by atoms with E-state index in [0.717, 1.165) is 45.7 Å². The van der Waals surface area contributed by atoms with Gasteiger partial charge >= 0.3 is 0 Å². The molecule has 1 amide bonds. The van der Waals surface area contributed by atoms with Crippen LogP contribution in [0.4, 0.5) is 0 Å². The van der Waals surface area contributed by atoms with Crippen molar-refractivity contribution in [3.05, 3.63) is 35.9 Å². The zero-order chi connectivity index (χ0) is 17.6. The molecule has 0 aliphatic carbocycles. The van der Waals surface area contributed by atoms with Crippen LogP contribution in [0.2, 0.25) is 0 Å². The molecule has 2 aliphatic rings. The molecule has 2 saturated heterocycles. The molecule has 4 heteroatoms. The van der Waals surface area contributed by atoms with Gasteiger partial charge in [-0.1, -0.05) is 37.3 Å². The van der Waals surface area contributed by atoms with Crippen molar-refractivity contribution in [1.29, 1.82) is 0 Å². The third kappa shape index (κ3) is 5.05. The Labute approximate surface area is 151 Å². The number of ether oxygens (including phenoxy) is 1. The quantitative estimate of drug-likeness (QED) is 0.862. The van der Waals surface area contributed by atoms with Gasteiger partial charge in [0.15, 0.2) is 0 Å². The minimum Gasteiger partial charge on any atom is -0.381 e. The lowest BCUT2D eigenvalue weighted by Gasteiger charge is -2.27. The summed E-state index contributed by atoms with van der Waals surface area (Å²) in [7, 11) is 0. The van der Waals surface area contributed by atoms with E-state index in [1.807, 2.05) is 0 Å². The summed E-state index contributed by atoms with van der Waals surface area (Å²) in [6, 6.07) is 11.2. The van der Waals surface area contributed by atoms with E-state index in [9.17, 15) is 4.79 Å². The molecule has 1 aromatic carbocycles. The molecule has 0 saturated carbocycles. The second-order valence-corrected chi connectivity index (χ2v) is 7.85. The van der Waals surface area contributed by atoms with Crippen molar-refractivity contribution in [1.82, 2.24) is 10.2 Å². The highest BCUT2D eigenvalue weighted by Crippen LogP contribution is 2.26. The van der Waals surface area contributed by atoms with Gasteiger partial charge in [0.2, 0.25) is 5.91 Å². The Bertz CT molecular complexity index is 542. The van der Waals surface area contributed by atoms with Gasteiger partial charge in [0.25, 0.3) is 0 Å². The normalized spacial score (nSPS) is 26.5. The molecule has 2 aliphatic heterocycles. The van der Waals surface area contributed by atoms with E-state index in [0.29, 0.717) is 17.9 Å². The summed E-state index contributed by atoms with van der Waals surface area (Å²) in [4.78, 5) is 15.0. The lowest BCUT2D eigenvalue weighted by molar-refractivity contribution is -0.127. The maximum atomic E-state index is 12.5. The van der Waals surface area contributed by atoms with Gasteiger partial charge in [-0.2, -0.15) is 0 Å². The maximum Gasteiger partial charge on any atom is 0.223 e. The molecule has 2 heterocycles. The van der Waals surface area contributed by atoms with Crippen molar-refractivity contribution < 1.29 is 9.53 Å². The minimum absolute atomic E-state index is 0.100. The molecule has 0 unspecified atom stereocenters. The minimum atomic E-state index is 0.100. The molecule has 25 heavy (non-hydrogen) atoms. The molecule has 0 spiro atoms. The number of benzene rings is 1. The van der Waals surface area contributed by atoms with Crippen molar-refractivity contribution in [2.45, 2.75) is 45.7 Å². The summed E-state index contributed by atoms with van der Waals surface area (Å²) in [5, 5.41) is 3.22. The topological polar surface area (TPSA) is 41.6 Å². The lowest BCUT2D eigenvalue weighted by atomic mass is 9.86. The average molecular weight is 344 g/mol. The van der Waals surface area contributed by atoms with Gasteiger partial charge in [-0.25, -0.2) is 0 Å². The zero-order valence-electron chi connectivity index (χ0n) is 15.6.